The first-order valence-corrected chi connectivity index (χ1v) is 15.7. The standard InChI is InChI=1S/C32H39N3O7S/c1-21-16-35(22(2)19-36)43(38,39)31-12-10-25(24-7-6-8-26(14-24)32(37)33(3)4)15-29(31)42-30(21)18-34(5)17-23-9-11-27-28(13-23)41-20-40-27/h6-15,21-22,30,36H,16-20H2,1-5H3/t21-,22+,30+/m1/s1. The fraction of sp³-hybridized carbons (Fsp3) is 0.406. The summed E-state index contributed by atoms with van der Waals surface area (Å²) in [5, 5.41) is 9.96. The van der Waals surface area contributed by atoms with Crippen molar-refractivity contribution in [3.8, 4) is 28.4 Å². The molecule has 1 amide bonds. The van der Waals surface area contributed by atoms with Crippen LogP contribution in [-0.2, 0) is 16.6 Å². The number of carbonyl (C=O) groups excluding carboxylic acids is 1. The van der Waals surface area contributed by atoms with Crippen LogP contribution in [0.2, 0.25) is 0 Å². The van der Waals surface area contributed by atoms with Crippen molar-refractivity contribution in [2.75, 3.05) is 47.6 Å². The molecule has 3 aromatic carbocycles. The second-order valence-electron chi connectivity index (χ2n) is 11.6. The van der Waals surface area contributed by atoms with Gasteiger partial charge in [0.05, 0.1) is 6.61 Å². The molecule has 0 unspecified atom stereocenters. The number of aliphatic hydroxyl groups is 1. The highest BCUT2D eigenvalue weighted by Crippen LogP contribution is 2.37. The number of nitrogens with zero attached hydrogens (tertiary/aromatic N) is 3. The Balaban J connectivity index is 1.49. The molecule has 10 nitrogen and oxygen atoms in total. The Hall–Kier alpha value is -3.64. The van der Waals surface area contributed by atoms with Crippen LogP contribution in [0.25, 0.3) is 11.1 Å². The summed E-state index contributed by atoms with van der Waals surface area (Å²) in [6, 6.07) is 17.5. The van der Waals surface area contributed by atoms with E-state index in [2.05, 4.69) is 4.90 Å². The van der Waals surface area contributed by atoms with Gasteiger partial charge in [-0.25, -0.2) is 8.42 Å². The molecule has 0 radical (unpaired) electrons. The lowest BCUT2D eigenvalue weighted by Crippen LogP contribution is -2.49. The van der Waals surface area contributed by atoms with Crippen LogP contribution < -0.4 is 14.2 Å². The summed E-state index contributed by atoms with van der Waals surface area (Å²) in [5.74, 6) is 1.37. The zero-order valence-electron chi connectivity index (χ0n) is 25.2. The second kappa shape index (κ2) is 12.5. The molecular formula is C32H39N3O7S. The summed E-state index contributed by atoms with van der Waals surface area (Å²) >= 11 is 0. The molecule has 2 aliphatic heterocycles. The van der Waals surface area contributed by atoms with Crippen LogP contribution in [-0.4, -0.2) is 93.3 Å². The molecule has 0 saturated heterocycles. The van der Waals surface area contributed by atoms with Gasteiger partial charge < -0.3 is 24.2 Å². The lowest BCUT2D eigenvalue weighted by Gasteiger charge is -2.37. The number of sulfonamides is 1. The number of hydrogen-bond acceptors (Lipinski definition) is 8. The van der Waals surface area contributed by atoms with Crippen LogP contribution in [0.1, 0.15) is 29.8 Å². The average Bonchev–Trinajstić information content (AvgIpc) is 3.46. The summed E-state index contributed by atoms with van der Waals surface area (Å²) < 4.78 is 46.7. The lowest BCUT2D eigenvalue weighted by molar-refractivity contribution is 0.0734. The number of carbonyl (C=O) groups is 1. The minimum absolute atomic E-state index is 0.0485. The van der Waals surface area contributed by atoms with E-state index in [4.69, 9.17) is 14.2 Å². The molecule has 0 bridgehead atoms. The van der Waals surface area contributed by atoms with E-state index in [1.807, 2.05) is 38.2 Å². The van der Waals surface area contributed by atoms with E-state index in [1.165, 1.54) is 9.21 Å². The van der Waals surface area contributed by atoms with Gasteiger partial charge in [0.15, 0.2) is 11.5 Å². The normalized spacial score (nSPS) is 20.1. The third-order valence-electron chi connectivity index (χ3n) is 7.90. The van der Waals surface area contributed by atoms with Gasteiger partial charge in [-0.2, -0.15) is 4.31 Å². The van der Waals surface area contributed by atoms with Crippen LogP contribution in [0.5, 0.6) is 17.2 Å². The first-order valence-electron chi connectivity index (χ1n) is 14.3. The molecule has 3 aromatic rings. The van der Waals surface area contributed by atoms with Crippen molar-refractivity contribution >= 4 is 15.9 Å². The molecule has 3 atom stereocenters. The van der Waals surface area contributed by atoms with Crippen LogP contribution in [0.4, 0.5) is 0 Å². The van der Waals surface area contributed by atoms with Gasteiger partial charge >= 0.3 is 0 Å². The van der Waals surface area contributed by atoms with Crippen LogP contribution in [0.3, 0.4) is 0 Å². The van der Waals surface area contributed by atoms with Gasteiger partial charge in [-0.1, -0.05) is 31.2 Å². The quantitative estimate of drug-likeness (QED) is 0.412. The van der Waals surface area contributed by atoms with Crippen LogP contribution in [0, 0.1) is 5.92 Å². The zero-order chi connectivity index (χ0) is 30.9. The number of likely N-dealkylation sites (N-methyl/N-ethyl adjacent to an activating group) is 1. The topological polar surface area (TPSA) is 109 Å². The van der Waals surface area contributed by atoms with Crippen molar-refractivity contribution in [2.24, 2.45) is 5.92 Å². The number of fused-ring (bicyclic) bond motifs is 2. The maximum absolute atomic E-state index is 13.9. The maximum Gasteiger partial charge on any atom is 0.253 e. The molecule has 0 spiro atoms. The van der Waals surface area contributed by atoms with Crippen molar-refractivity contribution in [3.05, 3.63) is 71.8 Å². The number of rotatable bonds is 8. The monoisotopic (exact) mass is 609 g/mol. The molecule has 1 N–H and O–H groups in total. The van der Waals surface area contributed by atoms with E-state index in [-0.39, 0.29) is 48.5 Å². The van der Waals surface area contributed by atoms with Crippen molar-refractivity contribution in [1.82, 2.24) is 14.1 Å². The average molecular weight is 610 g/mol. The van der Waals surface area contributed by atoms with Crippen molar-refractivity contribution in [2.45, 2.75) is 37.4 Å². The third kappa shape index (κ3) is 6.50. The predicted molar refractivity (Wildman–Crippen MR) is 163 cm³/mol. The number of benzene rings is 3. The Morgan fingerprint density at radius 2 is 1.74 bits per heavy atom. The van der Waals surface area contributed by atoms with Gasteiger partial charge in [0.2, 0.25) is 16.8 Å². The van der Waals surface area contributed by atoms with E-state index in [0.717, 1.165) is 28.2 Å². The second-order valence-corrected chi connectivity index (χ2v) is 13.4. The summed E-state index contributed by atoms with van der Waals surface area (Å²) in [5.41, 5.74) is 3.08. The maximum atomic E-state index is 13.9. The summed E-state index contributed by atoms with van der Waals surface area (Å²) in [7, 11) is 1.41. The van der Waals surface area contributed by atoms with Gasteiger partial charge in [0.25, 0.3) is 5.91 Å². The molecule has 43 heavy (non-hydrogen) atoms. The van der Waals surface area contributed by atoms with Crippen LogP contribution in [0.15, 0.2) is 65.6 Å². The molecule has 0 aromatic heterocycles. The van der Waals surface area contributed by atoms with E-state index in [1.54, 1.807) is 57.4 Å². The highest BCUT2D eigenvalue weighted by Gasteiger charge is 2.38. The Morgan fingerprint density at radius 1 is 1.00 bits per heavy atom. The van der Waals surface area contributed by atoms with Crippen molar-refractivity contribution < 1.29 is 32.5 Å². The SMILES string of the molecule is C[C@@H]1CN([C@@H](C)CO)S(=O)(=O)c2ccc(-c3cccc(C(=O)N(C)C)c3)cc2O[C@H]1CN(C)Cc1ccc2c(c1)OCO2. The number of ether oxygens (including phenoxy) is 3. The van der Waals surface area contributed by atoms with E-state index < -0.39 is 16.1 Å². The fourth-order valence-corrected chi connectivity index (χ4v) is 7.26. The van der Waals surface area contributed by atoms with Gasteiger partial charge in [-0.3, -0.25) is 9.69 Å². The van der Waals surface area contributed by atoms with Crippen LogP contribution >= 0.6 is 0 Å². The molecular weight excluding hydrogens is 570 g/mol. The molecule has 2 heterocycles. The Kier molecular flexibility index (Phi) is 8.98. The first kappa shape index (κ1) is 30.8. The molecule has 0 fully saturated rings. The van der Waals surface area contributed by atoms with Crippen molar-refractivity contribution in [3.63, 3.8) is 0 Å². The van der Waals surface area contributed by atoms with E-state index in [0.29, 0.717) is 18.7 Å². The Bertz CT molecular complexity index is 1590. The molecule has 0 saturated carbocycles. The van der Waals surface area contributed by atoms with Gasteiger partial charge in [-0.05, 0) is 67.1 Å². The van der Waals surface area contributed by atoms with Gasteiger partial charge in [0, 0.05) is 51.3 Å². The lowest BCUT2D eigenvalue weighted by atomic mass is 10.0. The Labute approximate surface area is 253 Å². The minimum atomic E-state index is -3.98. The van der Waals surface area contributed by atoms with Gasteiger partial charge in [0.1, 0.15) is 16.7 Å². The summed E-state index contributed by atoms with van der Waals surface area (Å²) in [6.07, 6.45) is -0.362. The minimum Gasteiger partial charge on any atom is -0.487 e. The molecule has 2 aliphatic rings. The largest absolute Gasteiger partial charge is 0.487 e. The Morgan fingerprint density at radius 3 is 2.49 bits per heavy atom. The highest BCUT2D eigenvalue weighted by atomic mass is 32.2. The molecule has 230 valence electrons. The first-order chi connectivity index (χ1) is 20.5. The summed E-state index contributed by atoms with van der Waals surface area (Å²) in [6.45, 7) is 4.92. The van der Waals surface area contributed by atoms with Gasteiger partial charge in [-0.15, -0.1) is 0 Å². The van der Waals surface area contributed by atoms with E-state index in [9.17, 15) is 18.3 Å². The van der Waals surface area contributed by atoms with Crippen molar-refractivity contribution in [1.29, 1.82) is 0 Å². The third-order valence-corrected chi connectivity index (χ3v) is 9.92. The smallest absolute Gasteiger partial charge is 0.253 e. The number of amides is 1. The fourth-order valence-electron chi connectivity index (χ4n) is 5.44. The summed E-state index contributed by atoms with van der Waals surface area (Å²) in [4.78, 5) is 16.3. The van der Waals surface area contributed by atoms with E-state index >= 15 is 0 Å². The molecule has 11 heteroatoms. The zero-order valence-corrected chi connectivity index (χ0v) is 26.0. The highest BCUT2D eigenvalue weighted by molar-refractivity contribution is 7.89. The number of aliphatic hydroxyl groups excluding tert-OH is 1. The number of hydrogen-bond donors (Lipinski definition) is 1. The molecule has 0 aliphatic carbocycles. The predicted octanol–water partition coefficient (Wildman–Crippen LogP) is 3.68. The molecule has 5 rings (SSSR count).